The first-order valence-corrected chi connectivity index (χ1v) is 7.98. The van der Waals surface area contributed by atoms with Gasteiger partial charge in [0.05, 0.1) is 13.2 Å². The van der Waals surface area contributed by atoms with Crippen molar-refractivity contribution < 1.29 is 9.53 Å². The summed E-state index contributed by atoms with van der Waals surface area (Å²) >= 11 is 0. The first kappa shape index (κ1) is 16.8. The molecule has 0 radical (unpaired) electrons. The van der Waals surface area contributed by atoms with Gasteiger partial charge in [-0.3, -0.25) is 14.6 Å². The van der Waals surface area contributed by atoms with Crippen LogP contribution in [-0.4, -0.2) is 55.0 Å². The van der Waals surface area contributed by atoms with Gasteiger partial charge in [-0.2, -0.15) is 0 Å². The maximum atomic E-state index is 11.5. The summed E-state index contributed by atoms with van der Waals surface area (Å²) in [7, 11) is 1.71. The van der Waals surface area contributed by atoms with Gasteiger partial charge in [0.2, 0.25) is 5.91 Å². The number of methoxy groups -OCH3 is 1. The fourth-order valence-electron chi connectivity index (χ4n) is 3.28. The van der Waals surface area contributed by atoms with Gasteiger partial charge >= 0.3 is 0 Å². The van der Waals surface area contributed by atoms with Crippen molar-refractivity contribution in [1.82, 2.24) is 9.80 Å². The molecule has 1 fully saturated rings. The molecule has 122 valence electrons. The summed E-state index contributed by atoms with van der Waals surface area (Å²) in [5.41, 5.74) is 6.70. The standard InChI is InChI=1S/C17H27N3O2/c1-4-15(17(18)21)20-11-9-19(10-12-20)13(2)14-7-5-6-8-16(14)22-3/h5-8,13,15H,4,9-12H2,1-3H3,(H2,18,21). The average molecular weight is 305 g/mol. The van der Waals surface area contributed by atoms with Crippen molar-refractivity contribution in [2.24, 2.45) is 5.73 Å². The summed E-state index contributed by atoms with van der Waals surface area (Å²) in [6.07, 6.45) is 0.775. The summed E-state index contributed by atoms with van der Waals surface area (Å²) in [5.74, 6) is 0.717. The van der Waals surface area contributed by atoms with Crippen molar-refractivity contribution in [3.8, 4) is 5.75 Å². The van der Waals surface area contributed by atoms with Crippen LogP contribution in [0.5, 0.6) is 5.75 Å². The van der Waals surface area contributed by atoms with Crippen LogP contribution < -0.4 is 10.5 Å². The predicted octanol–water partition coefficient (Wildman–Crippen LogP) is 1.64. The maximum Gasteiger partial charge on any atom is 0.234 e. The van der Waals surface area contributed by atoms with Crippen LogP contribution in [0.4, 0.5) is 0 Å². The number of nitrogens with zero attached hydrogens (tertiary/aromatic N) is 2. The Kier molecular flexibility index (Phi) is 5.80. The van der Waals surface area contributed by atoms with E-state index in [9.17, 15) is 4.79 Å². The number of benzene rings is 1. The molecule has 1 aliphatic heterocycles. The van der Waals surface area contributed by atoms with E-state index in [1.165, 1.54) is 5.56 Å². The third-order valence-corrected chi connectivity index (χ3v) is 4.64. The molecule has 1 aromatic carbocycles. The number of amides is 1. The van der Waals surface area contributed by atoms with Gasteiger partial charge in [0.1, 0.15) is 5.75 Å². The van der Waals surface area contributed by atoms with Crippen molar-refractivity contribution in [2.75, 3.05) is 33.3 Å². The molecule has 2 rings (SSSR count). The molecule has 0 saturated carbocycles. The summed E-state index contributed by atoms with van der Waals surface area (Å²) in [6, 6.07) is 8.32. The van der Waals surface area contributed by atoms with Crippen molar-refractivity contribution in [2.45, 2.75) is 32.4 Å². The van der Waals surface area contributed by atoms with Gasteiger partial charge in [0, 0.05) is 37.8 Å². The molecule has 2 unspecified atom stereocenters. The van der Waals surface area contributed by atoms with Crippen LogP contribution in [-0.2, 0) is 4.79 Å². The van der Waals surface area contributed by atoms with E-state index >= 15 is 0 Å². The smallest absolute Gasteiger partial charge is 0.234 e. The van der Waals surface area contributed by atoms with Crippen molar-refractivity contribution in [3.63, 3.8) is 0 Å². The lowest BCUT2D eigenvalue weighted by Gasteiger charge is -2.40. The molecule has 1 heterocycles. The molecule has 1 saturated heterocycles. The number of nitrogens with two attached hydrogens (primary N) is 1. The Balaban J connectivity index is 2.00. The van der Waals surface area contributed by atoms with Gasteiger partial charge in [-0.1, -0.05) is 25.1 Å². The molecule has 2 N–H and O–H groups in total. The zero-order valence-corrected chi connectivity index (χ0v) is 13.8. The second-order valence-electron chi connectivity index (χ2n) is 5.82. The molecular weight excluding hydrogens is 278 g/mol. The zero-order chi connectivity index (χ0) is 16.1. The van der Waals surface area contributed by atoms with E-state index < -0.39 is 0 Å². The minimum Gasteiger partial charge on any atom is -0.496 e. The van der Waals surface area contributed by atoms with Crippen molar-refractivity contribution in [1.29, 1.82) is 0 Å². The number of para-hydroxylation sites is 1. The molecule has 1 aromatic rings. The van der Waals surface area contributed by atoms with Gasteiger partial charge in [0.15, 0.2) is 0 Å². The van der Waals surface area contributed by atoms with Crippen LogP contribution in [0, 0.1) is 0 Å². The Morgan fingerprint density at radius 3 is 2.36 bits per heavy atom. The van der Waals surface area contributed by atoms with Gasteiger partial charge < -0.3 is 10.5 Å². The largest absolute Gasteiger partial charge is 0.496 e. The van der Waals surface area contributed by atoms with E-state index in [2.05, 4.69) is 22.8 Å². The lowest BCUT2D eigenvalue weighted by Crippen LogP contribution is -2.54. The van der Waals surface area contributed by atoms with E-state index in [0.29, 0.717) is 6.04 Å². The summed E-state index contributed by atoms with van der Waals surface area (Å²) < 4.78 is 5.47. The van der Waals surface area contributed by atoms with Gasteiger partial charge in [-0.15, -0.1) is 0 Å². The molecule has 1 aliphatic rings. The summed E-state index contributed by atoms with van der Waals surface area (Å²) in [6.45, 7) is 7.84. The molecule has 0 spiro atoms. The fourth-order valence-corrected chi connectivity index (χ4v) is 3.28. The van der Waals surface area contributed by atoms with Crippen LogP contribution in [0.25, 0.3) is 0 Å². The Morgan fingerprint density at radius 2 is 1.82 bits per heavy atom. The van der Waals surface area contributed by atoms with E-state index in [0.717, 1.165) is 38.3 Å². The van der Waals surface area contributed by atoms with E-state index in [4.69, 9.17) is 10.5 Å². The number of rotatable bonds is 6. The van der Waals surface area contributed by atoms with Crippen LogP contribution >= 0.6 is 0 Å². The highest BCUT2D eigenvalue weighted by atomic mass is 16.5. The first-order chi connectivity index (χ1) is 10.6. The Hall–Kier alpha value is -1.59. The Bertz CT molecular complexity index is 498. The third kappa shape index (κ3) is 3.59. The first-order valence-electron chi connectivity index (χ1n) is 7.98. The second-order valence-corrected chi connectivity index (χ2v) is 5.82. The average Bonchev–Trinajstić information content (AvgIpc) is 2.55. The van der Waals surface area contributed by atoms with Crippen molar-refractivity contribution >= 4 is 5.91 Å². The van der Waals surface area contributed by atoms with E-state index in [1.54, 1.807) is 7.11 Å². The molecule has 1 amide bonds. The molecule has 0 aromatic heterocycles. The predicted molar refractivity (Wildman–Crippen MR) is 87.8 cm³/mol. The number of hydrogen-bond acceptors (Lipinski definition) is 4. The highest BCUT2D eigenvalue weighted by Gasteiger charge is 2.28. The maximum absolute atomic E-state index is 11.5. The quantitative estimate of drug-likeness (QED) is 0.868. The fraction of sp³-hybridized carbons (Fsp3) is 0.588. The van der Waals surface area contributed by atoms with Crippen LogP contribution in [0.3, 0.4) is 0 Å². The summed E-state index contributed by atoms with van der Waals surface area (Å²) in [4.78, 5) is 16.1. The number of primary amides is 1. The van der Waals surface area contributed by atoms with Crippen LogP contribution in [0.2, 0.25) is 0 Å². The molecule has 0 aliphatic carbocycles. The highest BCUT2D eigenvalue weighted by Crippen LogP contribution is 2.29. The number of carbonyl (C=O) groups is 1. The van der Waals surface area contributed by atoms with Gasteiger partial charge in [-0.05, 0) is 19.4 Å². The molecule has 0 bridgehead atoms. The lowest BCUT2D eigenvalue weighted by atomic mass is 10.0. The van der Waals surface area contributed by atoms with Crippen LogP contribution in [0.15, 0.2) is 24.3 Å². The van der Waals surface area contributed by atoms with E-state index in [1.807, 2.05) is 25.1 Å². The zero-order valence-electron chi connectivity index (χ0n) is 13.8. The second kappa shape index (κ2) is 7.61. The monoisotopic (exact) mass is 305 g/mol. The topological polar surface area (TPSA) is 58.8 Å². The molecular formula is C17H27N3O2. The molecule has 22 heavy (non-hydrogen) atoms. The highest BCUT2D eigenvalue weighted by molar-refractivity contribution is 5.79. The molecule has 2 atom stereocenters. The normalized spacial score (nSPS) is 19.6. The SMILES string of the molecule is CCC(C(N)=O)N1CCN(C(C)c2ccccc2OC)CC1. The van der Waals surface area contributed by atoms with E-state index in [-0.39, 0.29) is 11.9 Å². The minimum atomic E-state index is -0.214. The third-order valence-electron chi connectivity index (χ3n) is 4.64. The molecule has 5 heteroatoms. The number of piperazine rings is 1. The molecule has 5 nitrogen and oxygen atoms in total. The number of carbonyl (C=O) groups excluding carboxylic acids is 1. The Labute approximate surface area is 133 Å². The van der Waals surface area contributed by atoms with Crippen molar-refractivity contribution in [3.05, 3.63) is 29.8 Å². The van der Waals surface area contributed by atoms with Crippen LogP contribution in [0.1, 0.15) is 31.9 Å². The minimum absolute atomic E-state index is 0.135. The van der Waals surface area contributed by atoms with Gasteiger partial charge in [-0.25, -0.2) is 0 Å². The summed E-state index contributed by atoms with van der Waals surface area (Å²) in [5, 5.41) is 0. The number of ether oxygens (including phenoxy) is 1. The van der Waals surface area contributed by atoms with Gasteiger partial charge in [0.25, 0.3) is 0 Å². The lowest BCUT2D eigenvalue weighted by molar-refractivity contribution is -0.124. The number of hydrogen-bond donors (Lipinski definition) is 1. The Morgan fingerprint density at radius 1 is 1.23 bits per heavy atom.